The summed E-state index contributed by atoms with van der Waals surface area (Å²) in [6.45, 7) is 9.55. The topological polar surface area (TPSA) is 150 Å². The first-order valence-electron chi connectivity index (χ1n) is 17.5. The molecule has 0 amide bonds. The van der Waals surface area contributed by atoms with Crippen LogP contribution in [0.4, 0.5) is 0 Å². The van der Waals surface area contributed by atoms with Crippen LogP contribution in [0.25, 0.3) is 6.08 Å². The summed E-state index contributed by atoms with van der Waals surface area (Å²) in [5.74, 6) is -0.327. The van der Waals surface area contributed by atoms with Gasteiger partial charge in [-0.1, -0.05) is 41.1 Å². The molecule has 3 aromatic carbocycles. The highest BCUT2D eigenvalue weighted by molar-refractivity contribution is 7.07. The molecule has 0 saturated heterocycles. The lowest BCUT2D eigenvalue weighted by Crippen LogP contribution is -2.40. The number of thiazole rings is 1. The fraction of sp³-hybridized carbons (Fsp3) is 0.325. The van der Waals surface area contributed by atoms with Crippen LogP contribution in [0.3, 0.4) is 0 Å². The second kappa shape index (κ2) is 18.6. The number of ether oxygens (including phenoxy) is 7. The van der Waals surface area contributed by atoms with Crippen LogP contribution in [-0.4, -0.2) is 62.6 Å². The lowest BCUT2D eigenvalue weighted by atomic mass is 9.95. The molecule has 290 valence electrons. The number of fused-ring (bicyclic) bond motifs is 1. The van der Waals surface area contributed by atoms with Gasteiger partial charge in [-0.25, -0.2) is 19.4 Å². The van der Waals surface area contributed by atoms with E-state index in [0.29, 0.717) is 55.6 Å². The molecular weight excluding hydrogens is 752 g/mol. The summed E-state index contributed by atoms with van der Waals surface area (Å²) in [7, 11) is 1.26. The summed E-state index contributed by atoms with van der Waals surface area (Å²) in [5, 5.41) is 0.254. The van der Waals surface area contributed by atoms with Gasteiger partial charge < -0.3 is 33.2 Å². The van der Waals surface area contributed by atoms with Crippen LogP contribution in [0.5, 0.6) is 23.0 Å². The third kappa shape index (κ3) is 9.38. The normalized spacial score (nSPS) is 13.7. The average molecular weight is 793 g/mol. The van der Waals surface area contributed by atoms with E-state index in [1.54, 1.807) is 88.4 Å². The molecule has 1 aliphatic rings. The largest absolute Gasteiger partial charge is 0.490 e. The summed E-state index contributed by atoms with van der Waals surface area (Å²) >= 11 is 7.91. The van der Waals surface area contributed by atoms with Gasteiger partial charge in [0.15, 0.2) is 34.4 Å². The molecule has 0 radical (unpaired) electrons. The van der Waals surface area contributed by atoms with Gasteiger partial charge in [-0.05, 0) is 93.8 Å². The van der Waals surface area contributed by atoms with Crippen LogP contribution < -0.4 is 33.8 Å². The number of rotatable bonds is 16. The molecular formula is C40H41ClN2O11S. The molecule has 1 atom stereocenters. The molecule has 0 aliphatic carbocycles. The summed E-state index contributed by atoms with van der Waals surface area (Å²) in [4.78, 5) is 56.6. The first kappa shape index (κ1) is 40.6. The number of carbonyl (C=O) groups is 3. The molecule has 5 rings (SSSR count). The number of esters is 3. The van der Waals surface area contributed by atoms with Crippen LogP contribution in [0.1, 0.15) is 67.7 Å². The average Bonchev–Trinajstić information content (AvgIpc) is 3.47. The fourth-order valence-corrected chi connectivity index (χ4v) is 7.04. The summed E-state index contributed by atoms with van der Waals surface area (Å²) in [6, 6.07) is 14.3. The van der Waals surface area contributed by atoms with Crippen molar-refractivity contribution in [3.8, 4) is 23.0 Å². The number of nitrogens with zero attached hydrogens (tertiary/aromatic N) is 2. The van der Waals surface area contributed by atoms with Gasteiger partial charge in [0.2, 0.25) is 0 Å². The van der Waals surface area contributed by atoms with Gasteiger partial charge >= 0.3 is 17.9 Å². The molecule has 4 aromatic rings. The van der Waals surface area contributed by atoms with Crippen molar-refractivity contribution in [2.75, 3.05) is 40.1 Å². The van der Waals surface area contributed by atoms with E-state index in [4.69, 9.17) is 44.8 Å². The maximum atomic E-state index is 14.3. The van der Waals surface area contributed by atoms with Gasteiger partial charge in [0.1, 0.15) is 6.61 Å². The molecule has 0 unspecified atom stereocenters. The number of methoxy groups -OCH3 is 1. The van der Waals surface area contributed by atoms with Crippen LogP contribution >= 0.6 is 22.9 Å². The fourth-order valence-electron chi connectivity index (χ4n) is 5.72. The monoisotopic (exact) mass is 792 g/mol. The number of carbonyl (C=O) groups excluding carboxylic acids is 3. The van der Waals surface area contributed by atoms with Crippen molar-refractivity contribution in [2.24, 2.45) is 4.99 Å². The Morgan fingerprint density at radius 1 is 0.836 bits per heavy atom. The van der Waals surface area contributed by atoms with Gasteiger partial charge in [-0.15, -0.1) is 0 Å². The Morgan fingerprint density at radius 3 is 2.20 bits per heavy atom. The van der Waals surface area contributed by atoms with Gasteiger partial charge in [0, 0.05) is 0 Å². The minimum Gasteiger partial charge on any atom is -0.490 e. The molecule has 0 saturated carbocycles. The lowest BCUT2D eigenvalue weighted by molar-refractivity contribution is -0.143. The van der Waals surface area contributed by atoms with Crippen LogP contribution in [-0.2, 0) is 30.4 Å². The number of hydrogen-bond acceptors (Lipinski definition) is 13. The SMILES string of the molecule is CCOC(=O)C1=C(C)N=c2s/c(=C/c3cc(Cl)c(OCc4ccc(C(=O)OCC)cc4)c(OCC)c3)c(=O)n2[C@H]1c1ccc(OCC(=O)OC)c(OCC)c1. The van der Waals surface area contributed by atoms with Crippen molar-refractivity contribution in [3.63, 3.8) is 0 Å². The zero-order valence-corrected chi connectivity index (χ0v) is 32.8. The number of halogens is 1. The Labute approximate surface area is 326 Å². The molecule has 55 heavy (non-hydrogen) atoms. The van der Waals surface area contributed by atoms with Crippen molar-refractivity contribution in [1.82, 2.24) is 4.57 Å². The van der Waals surface area contributed by atoms with E-state index < -0.39 is 29.5 Å². The van der Waals surface area contributed by atoms with E-state index >= 15 is 0 Å². The molecule has 1 aromatic heterocycles. The molecule has 2 heterocycles. The van der Waals surface area contributed by atoms with Gasteiger partial charge in [-0.2, -0.15) is 0 Å². The molecule has 0 N–H and O–H groups in total. The third-order valence-electron chi connectivity index (χ3n) is 8.15. The highest BCUT2D eigenvalue weighted by Crippen LogP contribution is 2.38. The maximum absolute atomic E-state index is 14.3. The molecule has 0 bridgehead atoms. The number of hydrogen-bond donors (Lipinski definition) is 0. The molecule has 0 spiro atoms. The predicted molar refractivity (Wildman–Crippen MR) is 205 cm³/mol. The number of allylic oxidation sites excluding steroid dienone is 1. The van der Waals surface area contributed by atoms with E-state index in [-0.39, 0.29) is 49.4 Å². The Hall–Kier alpha value is -5.60. The lowest BCUT2D eigenvalue weighted by Gasteiger charge is -2.25. The van der Waals surface area contributed by atoms with E-state index in [0.717, 1.165) is 16.9 Å². The van der Waals surface area contributed by atoms with E-state index in [2.05, 4.69) is 4.99 Å². The van der Waals surface area contributed by atoms with E-state index in [1.807, 2.05) is 6.92 Å². The summed E-state index contributed by atoms with van der Waals surface area (Å²) < 4.78 is 40.4. The zero-order valence-electron chi connectivity index (χ0n) is 31.3. The van der Waals surface area contributed by atoms with Crippen molar-refractivity contribution in [1.29, 1.82) is 0 Å². The van der Waals surface area contributed by atoms with Crippen molar-refractivity contribution in [3.05, 3.63) is 113 Å². The predicted octanol–water partition coefficient (Wildman–Crippen LogP) is 5.56. The van der Waals surface area contributed by atoms with E-state index in [1.165, 1.54) is 11.7 Å². The Balaban J connectivity index is 1.54. The van der Waals surface area contributed by atoms with Crippen LogP contribution in [0, 0.1) is 0 Å². The Morgan fingerprint density at radius 2 is 1.53 bits per heavy atom. The number of benzene rings is 3. The van der Waals surface area contributed by atoms with Crippen molar-refractivity contribution in [2.45, 2.75) is 47.3 Å². The van der Waals surface area contributed by atoms with Crippen LogP contribution in [0.2, 0.25) is 5.02 Å². The molecule has 0 fully saturated rings. The molecule has 13 nitrogen and oxygen atoms in total. The smallest absolute Gasteiger partial charge is 0.343 e. The van der Waals surface area contributed by atoms with Crippen LogP contribution in [0.15, 0.2) is 75.7 Å². The standard InChI is InChI=1S/C40H41ClN2O11S/c1-7-49-30-20-27(15-16-29(30)53-22-33(44)48-6)35-34(39(47)52-10-4)23(5)42-40-43(35)37(45)32(55-40)19-25-17-28(41)36(31(18-25)50-8-2)54-21-24-11-13-26(14-12-24)38(46)51-9-3/h11-20,35H,7-10,21-22H2,1-6H3/b32-19+/t35-/m0/s1. The third-order valence-corrected chi connectivity index (χ3v) is 9.41. The first-order chi connectivity index (χ1) is 26.5. The quantitative estimate of drug-likeness (QED) is 0.104. The second-order valence-electron chi connectivity index (χ2n) is 11.8. The summed E-state index contributed by atoms with van der Waals surface area (Å²) in [6.07, 6.45) is 1.67. The Kier molecular flexibility index (Phi) is 13.7. The van der Waals surface area contributed by atoms with Crippen molar-refractivity contribution < 1.29 is 47.5 Å². The highest BCUT2D eigenvalue weighted by atomic mass is 35.5. The highest BCUT2D eigenvalue weighted by Gasteiger charge is 2.34. The molecule has 15 heteroatoms. The molecule has 1 aliphatic heterocycles. The van der Waals surface area contributed by atoms with Gasteiger partial charge in [0.25, 0.3) is 5.56 Å². The second-order valence-corrected chi connectivity index (χ2v) is 13.2. The minimum atomic E-state index is -0.934. The van der Waals surface area contributed by atoms with Crippen molar-refractivity contribution >= 4 is 46.9 Å². The Bertz CT molecular complexity index is 2280. The van der Waals surface area contributed by atoms with E-state index in [9.17, 15) is 19.2 Å². The number of aromatic nitrogens is 1. The van der Waals surface area contributed by atoms with Gasteiger partial charge in [-0.3, -0.25) is 9.36 Å². The summed E-state index contributed by atoms with van der Waals surface area (Å²) in [5.41, 5.74) is 2.48. The first-order valence-corrected chi connectivity index (χ1v) is 18.7. The maximum Gasteiger partial charge on any atom is 0.343 e. The minimum absolute atomic E-state index is 0.113. The zero-order chi connectivity index (χ0) is 39.6. The van der Waals surface area contributed by atoms with Gasteiger partial charge in [0.05, 0.1) is 66.0 Å².